The number of esters is 2. The Labute approximate surface area is 163 Å². The van der Waals surface area contributed by atoms with Crippen LogP contribution in [0.15, 0.2) is 60.2 Å². The molecule has 0 amide bonds. The highest BCUT2D eigenvalue weighted by molar-refractivity contribution is 6.02. The van der Waals surface area contributed by atoms with E-state index in [1.807, 2.05) is 60.7 Å². The highest BCUT2D eigenvalue weighted by Crippen LogP contribution is 2.36. The van der Waals surface area contributed by atoms with Crippen molar-refractivity contribution >= 4 is 17.6 Å². The number of hydrogen-bond acceptors (Lipinski definition) is 6. The van der Waals surface area contributed by atoms with Gasteiger partial charge in [-0.25, -0.2) is 4.79 Å². The average Bonchev–Trinajstić information content (AvgIpc) is 3.06. The molecule has 1 atom stereocenters. The van der Waals surface area contributed by atoms with Crippen LogP contribution >= 0.6 is 0 Å². The predicted octanol–water partition coefficient (Wildman–Crippen LogP) is 3.26. The summed E-state index contributed by atoms with van der Waals surface area (Å²) in [6.45, 7) is 2.12. The number of nitrogens with zero attached hydrogens (tertiary/aromatic N) is 1. The van der Waals surface area contributed by atoms with Gasteiger partial charge in [-0.1, -0.05) is 54.6 Å². The van der Waals surface area contributed by atoms with Gasteiger partial charge in [0.05, 0.1) is 24.8 Å². The Morgan fingerprint density at radius 3 is 2.50 bits per heavy atom. The van der Waals surface area contributed by atoms with Crippen LogP contribution in [0.1, 0.15) is 36.1 Å². The number of nitriles is 1. The van der Waals surface area contributed by atoms with E-state index in [1.165, 1.54) is 0 Å². The zero-order chi connectivity index (χ0) is 19.9. The van der Waals surface area contributed by atoms with Crippen LogP contribution in [-0.4, -0.2) is 18.5 Å². The lowest BCUT2D eigenvalue weighted by molar-refractivity contribution is -0.143. The van der Waals surface area contributed by atoms with Gasteiger partial charge in [-0.3, -0.25) is 4.79 Å². The number of hydrogen-bond donors (Lipinski definition) is 1. The lowest BCUT2D eigenvalue weighted by Gasteiger charge is -2.12. The molecule has 0 radical (unpaired) electrons. The van der Waals surface area contributed by atoms with Crippen LogP contribution in [0.4, 0.5) is 0 Å². The second-order valence-electron chi connectivity index (χ2n) is 6.22. The van der Waals surface area contributed by atoms with Gasteiger partial charge in [0.1, 0.15) is 12.7 Å². The number of carbonyl (C=O) groups is 2. The topological polar surface area (TPSA) is 88.4 Å². The van der Waals surface area contributed by atoms with Gasteiger partial charge in [-0.15, -0.1) is 0 Å². The van der Waals surface area contributed by atoms with Gasteiger partial charge in [0, 0.05) is 5.56 Å². The van der Waals surface area contributed by atoms with Gasteiger partial charge in [0.2, 0.25) is 0 Å². The van der Waals surface area contributed by atoms with Crippen molar-refractivity contribution in [1.82, 2.24) is 5.32 Å². The third-order valence-corrected chi connectivity index (χ3v) is 4.38. The molecule has 0 spiro atoms. The molecule has 1 aliphatic rings. The molecule has 0 bridgehead atoms. The fourth-order valence-corrected chi connectivity index (χ4v) is 3.11. The third-order valence-electron chi connectivity index (χ3n) is 4.38. The van der Waals surface area contributed by atoms with Gasteiger partial charge < -0.3 is 14.8 Å². The molecule has 142 valence electrons. The Balaban J connectivity index is 1.84. The minimum Gasteiger partial charge on any atom is -0.466 e. The first-order valence-corrected chi connectivity index (χ1v) is 9.01. The van der Waals surface area contributed by atoms with E-state index in [2.05, 4.69) is 5.32 Å². The summed E-state index contributed by atoms with van der Waals surface area (Å²) in [6.07, 6.45) is 0.103. The highest BCUT2D eigenvalue weighted by Gasteiger charge is 2.32. The van der Waals surface area contributed by atoms with Crippen LogP contribution in [-0.2, 0) is 25.7 Å². The molecule has 2 aromatic carbocycles. The normalized spacial score (nSPS) is 16.4. The molecule has 0 fully saturated rings. The van der Waals surface area contributed by atoms with Crippen LogP contribution in [0.3, 0.4) is 0 Å². The van der Waals surface area contributed by atoms with Crippen LogP contribution in [0.2, 0.25) is 0 Å². The van der Waals surface area contributed by atoms with E-state index in [9.17, 15) is 14.9 Å². The highest BCUT2D eigenvalue weighted by atomic mass is 16.5. The van der Waals surface area contributed by atoms with Gasteiger partial charge in [-0.05, 0) is 18.1 Å². The Morgan fingerprint density at radius 1 is 1.07 bits per heavy atom. The first-order chi connectivity index (χ1) is 13.6. The van der Waals surface area contributed by atoms with Crippen molar-refractivity contribution in [3.8, 4) is 6.07 Å². The molecule has 1 aliphatic heterocycles. The zero-order valence-corrected chi connectivity index (χ0v) is 15.5. The van der Waals surface area contributed by atoms with Gasteiger partial charge in [0.15, 0.2) is 5.57 Å². The van der Waals surface area contributed by atoms with E-state index >= 15 is 0 Å². The molecule has 2 aromatic rings. The molecule has 0 saturated heterocycles. The molecule has 6 heteroatoms. The fraction of sp³-hybridized carbons (Fsp3) is 0.227. The maximum Gasteiger partial charge on any atom is 0.351 e. The van der Waals surface area contributed by atoms with Gasteiger partial charge in [0.25, 0.3) is 0 Å². The summed E-state index contributed by atoms with van der Waals surface area (Å²) >= 11 is 0. The molecule has 0 saturated carbocycles. The molecule has 6 nitrogen and oxygen atoms in total. The van der Waals surface area contributed by atoms with Crippen LogP contribution < -0.4 is 5.32 Å². The molecule has 0 aromatic heterocycles. The minimum absolute atomic E-state index is 0.0754. The van der Waals surface area contributed by atoms with Crippen molar-refractivity contribution < 1.29 is 19.1 Å². The Hall–Kier alpha value is -3.59. The molecule has 28 heavy (non-hydrogen) atoms. The van der Waals surface area contributed by atoms with Crippen molar-refractivity contribution in [2.24, 2.45) is 0 Å². The van der Waals surface area contributed by atoms with Crippen LogP contribution in [0.25, 0.3) is 5.70 Å². The first kappa shape index (κ1) is 19.2. The zero-order valence-electron chi connectivity index (χ0n) is 15.5. The molecule has 1 unspecified atom stereocenters. The fourth-order valence-electron chi connectivity index (χ4n) is 3.11. The minimum atomic E-state index is -0.708. The predicted molar refractivity (Wildman–Crippen MR) is 102 cm³/mol. The number of nitrogens with one attached hydrogen (secondary N) is 1. The summed E-state index contributed by atoms with van der Waals surface area (Å²) < 4.78 is 10.3. The standard InChI is InChI=1S/C22H20N2O4/c1-2-27-20(25)12-19-16-10-6-7-11-17(16)21(24-19)18(13-23)22(26)28-14-15-8-4-3-5-9-15/h3-11,19,24H,2,12,14H2,1H3/b21-18-. The number of ether oxygens (including phenoxy) is 2. The largest absolute Gasteiger partial charge is 0.466 e. The summed E-state index contributed by atoms with van der Waals surface area (Å²) in [5.41, 5.74) is 2.65. The molecule has 3 rings (SSSR count). The monoisotopic (exact) mass is 376 g/mol. The summed E-state index contributed by atoms with van der Waals surface area (Å²) in [5.74, 6) is -1.05. The Bertz CT molecular complexity index is 945. The summed E-state index contributed by atoms with van der Waals surface area (Å²) in [5, 5.41) is 12.7. The van der Waals surface area contributed by atoms with Crippen molar-refractivity contribution in [3.05, 3.63) is 76.9 Å². The number of rotatable bonds is 6. The van der Waals surface area contributed by atoms with Crippen molar-refractivity contribution in [2.45, 2.75) is 26.0 Å². The van der Waals surface area contributed by atoms with Gasteiger partial charge in [-0.2, -0.15) is 5.26 Å². The summed E-state index contributed by atoms with van der Waals surface area (Å²) in [7, 11) is 0. The number of fused-ring (bicyclic) bond motifs is 1. The van der Waals surface area contributed by atoms with Gasteiger partial charge >= 0.3 is 11.9 Å². The van der Waals surface area contributed by atoms with E-state index in [0.717, 1.165) is 11.1 Å². The van der Waals surface area contributed by atoms with Crippen LogP contribution in [0.5, 0.6) is 0 Å². The number of carbonyl (C=O) groups excluding carboxylic acids is 2. The summed E-state index contributed by atoms with van der Waals surface area (Å²) in [6, 6.07) is 18.2. The molecule has 0 aliphatic carbocycles. The first-order valence-electron chi connectivity index (χ1n) is 9.01. The van der Waals surface area contributed by atoms with E-state index in [1.54, 1.807) is 6.92 Å². The van der Waals surface area contributed by atoms with E-state index < -0.39 is 5.97 Å². The second-order valence-corrected chi connectivity index (χ2v) is 6.22. The van der Waals surface area contributed by atoms with E-state index in [-0.39, 0.29) is 30.6 Å². The molecule has 1 N–H and O–H groups in total. The number of benzene rings is 2. The van der Waals surface area contributed by atoms with E-state index in [4.69, 9.17) is 9.47 Å². The third kappa shape index (κ3) is 4.21. The second kappa shape index (κ2) is 8.87. The maximum atomic E-state index is 12.5. The Kier molecular flexibility index (Phi) is 6.07. The van der Waals surface area contributed by atoms with Crippen molar-refractivity contribution in [2.75, 3.05) is 6.61 Å². The lowest BCUT2D eigenvalue weighted by Crippen LogP contribution is -2.20. The van der Waals surface area contributed by atoms with Crippen LogP contribution in [0, 0.1) is 11.3 Å². The quantitative estimate of drug-likeness (QED) is 0.473. The smallest absolute Gasteiger partial charge is 0.351 e. The lowest BCUT2D eigenvalue weighted by atomic mass is 10.0. The Morgan fingerprint density at radius 2 is 1.79 bits per heavy atom. The summed E-state index contributed by atoms with van der Waals surface area (Å²) in [4.78, 5) is 24.5. The molecule has 1 heterocycles. The SMILES string of the molecule is CCOC(=O)CC1N/C(=C(/C#N)C(=O)OCc2ccccc2)c2ccccc21. The molecular weight excluding hydrogens is 356 g/mol. The maximum absolute atomic E-state index is 12.5. The van der Waals surface area contributed by atoms with Crippen molar-refractivity contribution in [1.29, 1.82) is 5.26 Å². The van der Waals surface area contributed by atoms with Crippen molar-refractivity contribution in [3.63, 3.8) is 0 Å². The van der Waals surface area contributed by atoms with E-state index in [0.29, 0.717) is 17.9 Å². The average molecular weight is 376 g/mol. The molecular formula is C22H20N2O4.